The van der Waals surface area contributed by atoms with E-state index in [1.165, 1.54) is 31.4 Å². The second-order valence-electron chi connectivity index (χ2n) is 4.98. The molecule has 16 heavy (non-hydrogen) atoms. The maximum Gasteiger partial charge on any atom is 0.0818 e. The molecule has 0 spiro atoms. The summed E-state index contributed by atoms with van der Waals surface area (Å²) in [6.45, 7) is 0. The van der Waals surface area contributed by atoms with Gasteiger partial charge in [0.25, 0.3) is 0 Å². The number of nitrogens with zero attached hydrogens (tertiary/aromatic N) is 1. The van der Waals surface area contributed by atoms with Crippen LogP contribution in [0.15, 0.2) is 24.3 Å². The zero-order valence-corrected chi connectivity index (χ0v) is 10.2. The van der Waals surface area contributed by atoms with Crippen LogP contribution in [0.3, 0.4) is 0 Å². The summed E-state index contributed by atoms with van der Waals surface area (Å²) in [7, 11) is 4.06. The number of aliphatic hydroxyl groups is 1. The van der Waals surface area contributed by atoms with Crippen LogP contribution in [0.25, 0.3) is 0 Å². The van der Waals surface area contributed by atoms with Crippen LogP contribution in [0.4, 0.5) is 5.69 Å². The second-order valence-corrected chi connectivity index (χ2v) is 4.98. The van der Waals surface area contributed by atoms with Gasteiger partial charge in [0.2, 0.25) is 0 Å². The van der Waals surface area contributed by atoms with E-state index in [-0.39, 0.29) is 6.10 Å². The highest BCUT2D eigenvalue weighted by Gasteiger charge is 2.24. The Bertz CT molecular complexity index is 325. The predicted molar refractivity (Wildman–Crippen MR) is 67.7 cm³/mol. The number of benzene rings is 1. The first-order chi connectivity index (χ1) is 7.68. The second kappa shape index (κ2) is 4.88. The van der Waals surface area contributed by atoms with Crippen LogP contribution in [-0.2, 0) is 0 Å². The van der Waals surface area contributed by atoms with Gasteiger partial charge in [0.15, 0.2) is 0 Å². The van der Waals surface area contributed by atoms with Crippen molar-refractivity contribution in [3.8, 4) is 0 Å². The molecule has 88 valence electrons. The summed E-state index contributed by atoms with van der Waals surface area (Å²) in [5.74, 6) is 0.477. The van der Waals surface area contributed by atoms with Gasteiger partial charge in [-0.15, -0.1) is 0 Å². The van der Waals surface area contributed by atoms with Crippen molar-refractivity contribution in [3.05, 3.63) is 29.8 Å². The molecular weight excluding hydrogens is 198 g/mol. The van der Waals surface area contributed by atoms with Crippen LogP contribution < -0.4 is 4.90 Å². The van der Waals surface area contributed by atoms with Gasteiger partial charge in [-0.25, -0.2) is 0 Å². The minimum absolute atomic E-state index is 0.265. The van der Waals surface area contributed by atoms with E-state index in [4.69, 9.17) is 0 Å². The smallest absolute Gasteiger partial charge is 0.0818 e. The molecule has 2 heteroatoms. The third kappa shape index (κ3) is 2.38. The van der Waals surface area contributed by atoms with Crippen molar-refractivity contribution in [1.29, 1.82) is 0 Å². The zero-order chi connectivity index (χ0) is 11.5. The summed E-state index contributed by atoms with van der Waals surface area (Å²) in [6, 6.07) is 8.26. The molecule has 0 aliphatic heterocycles. The fraction of sp³-hybridized carbons (Fsp3) is 0.571. The predicted octanol–water partition coefficient (Wildman–Crippen LogP) is 2.98. The monoisotopic (exact) mass is 219 g/mol. The Balaban J connectivity index is 2.08. The van der Waals surface area contributed by atoms with Crippen LogP contribution in [0.2, 0.25) is 0 Å². The molecule has 1 atom stereocenters. The van der Waals surface area contributed by atoms with E-state index in [1.807, 2.05) is 14.1 Å². The van der Waals surface area contributed by atoms with Crippen LogP contribution in [0, 0.1) is 5.92 Å². The summed E-state index contributed by atoms with van der Waals surface area (Å²) in [5.41, 5.74) is 2.25. The Morgan fingerprint density at radius 2 is 1.69 bits per heavy atom. The highest BCUT2D eigenvalue weighted by atomic mass is 16.3. The molecular formula is C14H21NO. The standard InChI is InChI=1S/C14H21NO/c1-15(2)13-9-7-12(8-10-13)14(16)11-5-3-4-6-11/h7-11,14,16H,3-6H2,1-2H3. The fourth-order valence-corrected chi connectivity index (χ4v) is 2.51. The quantitative estimate of drug-likeness (QED) is 0.844. The molecule has 0 saturated heterocycles. The van der Waals surface area contributed by atoms with Crippen LogP contribution in [0.1, 0.15) is 37.4 Å². The molecule has 2 rings (SSSR count). The van der Waals surface area contributed by atoms with E-state index in [0.29, 0.717) is 5.92 Å². The Hall–Kier alpha value is -1.02. The van der Waals surface area contributed by atoms with Gasteiger partial charge in [-0.2, -0.15) is 0 Å². The van der Waals surface area contributed by atoms with E-state index < -0.39 is 0 Å². The summed E-state index contributed by atoms with van der Waals surface area (Å²) >= 11 is 0. The summed E-state index contributed by atoms with van der Waals surface area (Å²) < 4.78 is 0. The number of aliphatic hydroxyl groups excluding tert-OH is 1. The van der Waals surface area contributed by atoms with Crippen molar-refractivity contribution in [2.24, 2.45) is 5.92 Å². The third-order valence-corrected chi connectivity index (χ3v) is 3.60. The Morgan fingerprint density at radius 3 is 2.19 bits per heavy atom. The van der Waals surface area contributed by atoms with Crippen LogP contribution in [-0.4, -0.2) is 19.2 Å². The average molecular weight is 219 g/mol. The molecule has 0 aromatic heterocycles. The Morgan fingerprint density at radius 1 is 1.12 bits per heavy atom. The lowest BCUT2D eigenvalue weighted by Gasteiger charge is -2.19. The summed E-state index contributed by atoms with van der Waals surface area (Å²) in [4.78, 5) is 2.08. The highest BCUT2D eigenvalue weighted by Crippen LogP contribution is 2.35. The maximum atomic E-state index is 10.2. The molecule has 1 N–H and O–H groups in total. The maximum absolute atomic E-state index is 10.2. The number of rotatable bonds is 3. The molecule has 1 aromatic rings. The normalized spacial score (nSPS) is 18.7. The molecule has 0 bridgehead atoms. The summed E-state index contributed by atoms with van der Waals surface area (Å²) in [6.07, 6.45) is 4.64. The van der Waals surface area contributed by atoms with E-state index in [0.717, 1.165) is 5.56 Å². The molecule has 1 saturated carbocycles. The van der Waals surface area contributed by atoms with E-state index in [9.17, 15) is 5.11 Å². The molecule has 1 aliphatic rings. The van der Waals surface area contributed by atoms with Crippen LogP contribution >= 0.6 is 0 Å². The largest absolute Gasteiger partial charge is 0.388 e. The van der Waals surface area contributed by atoms with E-state index in [1.54, 1.807) is 0 Å². The lowest BCUT2D eigenvalue weighted by molar-refractivity contribution is 0.111. The van der Waals surface area contributed by atoms with Crippen LogP contribution in [0.5, 0.6) is 0 Å². The average Bonchev–Trinajstić information content (AvgIpc) is 2.81. The highest BCUT2D eigenvalue weighted by molar-refractivity contribution is 5.46. The van der Waals surface area contributed by atoms with E-state index >= 15 is 0 Å². The lowest BCUT2D eigenvalue weighted by Crippen LogP contribution is -2.11. The molecule has 1 fully saturated rings. The summed E-state index contributed by atoms with van der Waals surface area (Å²) in [5, 5.41) is 10.2. The first-order valence-electron chi connectivity index (χ1n) is 6.14. The molecule has 0 radical (unpaired) electrons. The lowest BCUT2D eigenvalue weighted by atomic mass is 9.94. The van der Waals surface area contributed by atoms with Crippen molar-refractivity contribution in [1.82, 2.24) is 0 Å². The Kier molecular flexibility index (Phi) is 3.49. The van der Waals surface area contributed by atoms with Crippen molar-refractivity contribution in [2.75, 3.05) is 19.0 Å². The Labute approximate surface area is 97.9 Å². The van der Waals surface area contributed by atoms with Gasteiger partial charge >= 0.3 is 0 Å². The SMILES string of the molecule is CN(C)c1ccc(C(O)C2CCCC2)cc1. The molecule has 1 unspecified atom stereocenters. The van der Waals surface area contributed by atoms with E-state index in [2.05, 4.69) is 29.2 Å². The van der Waals surface area contributed by atoms with Gasteiger partial charge in [0.1, 0.15) is 0 Å². The zero-order valence-electron chi connectivity index (χ0n) is 10.2. The number of anilines is 1. The van der Waals surface area contributed by atoms with Crippen molar-refractivity contribution >= 4 is 5.69 Å². The minimum atomic E-state index is -0.265. The molecule has 1 aromatic carbocycles. The van der Waals surface area contributed by atoms with Crippen molar-refractivity contribution in [2.45, 2.75) is 31.8 Å². The van der Waals surface area contributed by atoms with Gasteiger partial charge in [0.05, 0.1) is 6.10 Å². The van der Waals surface area contributed by atoms with Crippen molar-refractivity contribution < 1.29 is 5.11 Å². The number of hydrogen-bond donors (Lipinski definition) is 1. The van der Waals surface area contributed by atoms with Gasteiger partial charge in [0, 0.05) is 19.8 Å². The number of hydrogen-bond acceptors (Lipinski definition) is 2. The molecule has 0 amide bonds. The van der Waals surface area contributed by atoms with Gasteiger partial charge in [-0.3, -0.25) is 0 Å². The first kappa shape index (κ1) is 11.5. The molecule has 1 aliphatic carbocycles. The fourth-order valence-electron chi connectivity index (χ4n) is 2.51. The van der Waals surface area contributed by atoms with Crippen molar-refractivity contribution in [3.63, 3.8) is 0 Å². The molecule has 2 nitrogen and oxygen atoms in total. The van der Waals surface area contributed by atoms with Gasteiger partial charge in [-0.05, 0) is 36.5 Å². The van der Waals surface area contributed by atoms with Gasteiger partial charge in [-0.1, -0.05) is 25.0 Å². The topological polar surface area (TPSA) is 23.5 Å². The minimum Gasteiger partial charge on any atom is -0.388 e. The molecule has 0 heterocycles. The first-order valence-corrected chi connectivity index (χ1v) is 6.14. The third-order valence-electron chi connectivity index (χ3n) is 3.60. The van der Waals surface area contributed by atoms with Gasteiger partial charge < -0.3 is 10.0 Å².